The number of pyridine rings is 1. The summed E-state index contributed by atoms with van der Waals surface area (Å²) in [6.07, 6.45) is 0. The predicted octanol–water partition coefficient (Wildman–Crippen LogP) is 11.1. The quantitative estimate of drug-likeness (QED) is 0.193. The summed E-state index contributed by atoms with van der Waals surface area (Å²) in [7, 11) is 0. The molecule has 5 heteroatoms. The summed E-state index contributed by atoms with van der Waals surface area (Å²) >= 11 is 1.79. The van der Waals surface area contributed by atoms with Gasteiger partial charge in [-0.05, 0) is 35.9 Å². The fourth-order valence-electron chi connectivity index (χ4n) is 6.27. The van der Waals surface area contributed by atoms with Crippen LogP contribution >= 0.6 is 11.3 Å². The molecule has 0 radical (unpaired) electrons. The van der Waals surface area contributed by atoms with Crippen LogP contribution in [0.25, 0.3) is 87.6 Å². The standard InChI is InChI=1S/C42H26N4S/c1-4-14-27(15-5-1)33-24-30-20-10-12-22-35(30)43-39(33)31-25-34(38-32-21-11-13-23-36(32)47-37(38)26-31)42-45-40(28-16-6-2-7-17-28)44-41(46-42)29-18-8-3-9-19-29/h1-26H. The van der Waals surface area contributed by atoms with Gasteiger partial charge in [0.05, 0.1) is 11.2 Å². The molecule has 0 N–H and O–H groups in total. The minimum atomic E-state index is 0.634. The summed E-state index contributed by atoms with van der Waals surface area (Å²) in [6.45, 7) is 0. The Bertz CT molecular complexity index is 2500. The van der Waals surface area contributed by atoms with E-state index in [-0.39, 0.29) is 0 Å². The zero-order valence-corrected chi connectivity index (χ0v) is 26.0. The van der Waals surface area contributed by atoms with Crippen LogP contribution in [0.2, 0.25) is 0 Å². The second kappa shape index (κ2) is 11.4. The highest BCUT2D eigenvalue weighted by molar-refractivity contribution is 7.26. The average Bonchev–Trinajstić information content (AvgIpc) is 3.53. The first-order chi connectivity index (χ1) is 23.3. The van der Waals surface area contributed by atoms with Gasteiger partial charge in [-0.1, -0.05) is 127 Å². The first-order valence-electron chi connectivity index (χ1n) is 15.6. The fourth-order valence-corrected chi connectivity index (χ4v) is 7.44. The molecule has 3 aromatic heterocycles. The van der Waals surface area contributed by atoms with Crippen molar-refractivity contribution in [2.75, 3.05) is 0 Å². The largest absolute Gasteiger partial charge is 0.247 e. The van der Waals surface area contributed by atoms with E-state index in [1.807, 2.05) is 66.7 Å². The summed E-state index contributed by atoms with van der Waals surface area (Å²) in [5.74, 6) is 1.91. The van der Waals surface area contributed by atoms with Crippen molar-refractivity contribution in [2.45, 2.75) is 0 Å². The highest BCUT2D eigenvalue weighted by Gasteiger charge is 2.20. The van der Waals surface area contributed by atoms with Gasteiger partial charge >= 0.3 is 0 Å². The van der Waals surface area contributed by atoms with Crippen molar-refractivity contribution in [3.63, 3.8) is 0 Å². The Balaban J connectivity index is 1.37. The molecule has 0 saturated carbocycles. The van der Waals surface area contributed by atoms with Gasteiger partial charge in [0.1, 0.15) is 0 Å². The Hall–Kier alpha value is -6.04. The Kier molecular flexibility index (Phi) is 6.61. The average molecular weight is 619 g/mol. The molecular weight excluding hydrogens is 593 g/mol. The summed E-state index contributed by atoms with van der Waals surface area (Å²) in [5.41, 5.74) is 7.95. The van der Waals surface area contributed by atoms with Crippen LogP contribution in [0.3, 0.4) is 0 Å². The van der Waals surface area contributed by atoms with Crippen LogP contribution in [0, 0.1) is 0 Å². The maximum atomic E-state index is 5.30. The van der Waals surface area contributed by atoms with E-state index in [4.69, 9.17) is 19.9 Å². The molecule has 9 rings (SSSR count). The maximum Gasteiger partial charge on any atom is 0.164 e. The number of nitrogens with zero attached hydrogens (tertiary/aromatic N) is 4. The van der Waals surface area contributed by atoms with Crippen molar-refractivity contribution in [1.82, 2.24) is 19.9 Å². The van der Waals surface area contributed by atoms with Crippen LogP contribution in [0.15, 0.2) is 158 Å². The zero-order valence-electron chi connectivity index (χ0n) is 25.2. The molecule has 0 fully saturated rings. The van der Waals surface area contributed by atoms with Crippen LogP contribution in [0.1, 0.15) is 0 Å². The second-order valence-electron chi connectivity index (χ2n) is 11.5. The highest BCUT2D eigenvalue weighted by atomic mass is 32.1. The SMILES string of the molecule is c1ccc(-c2nc(-c3ccccc3)nc(-c3cc(-c4nc5ccccc5cc4-c4ccccc4)cc4sc5ccccc5c34)n2)cc1. The lowest BCUT2D eigenvalue weighted by Crippen LogP contribution is -2.01. The highest BCUT2D eigenvalue weighted by Crippen LogP contribution is 2.44. The molecule has 9 aromatic rings. The molecule has 0 aliphatic rings. The zero-order chi connectivity index (χ0) is 31.2. The van der Waals surface area contributed by atoms with Gasteiger partial charge in [-0.3, -0.25) is 0 Å². The number of hydrogen-bond donors (Lipinski definition) is 0. The van der Waals surface area contributed by atoms with Crippen molar-refractivity contribution < 1.29 is 0 Å². The summed E-state index contributed by atoms with van der Waals surface area (Å²) in [5, 5.41) is 3.43. The van der Waals surface area contributed by atoms with Crippen LogP contribution in [-0.4, -0.2) is 19.9 Å². The van der Waals surface area contributed by atoms with Gasteiger partial charge < -0.3 is 0 Å². The molecule has 3 heterocycles. The molecule has 4 nitrogen and oxygen atoms in total. The van der Waals surface area contributed by atoms with Gasteiger partial charge in [0.15, 0.2) is 17.5 Å². The van der Waals surface area contributed by atoms with E-state index in [1.165, 1.54) is 10.1 Å². The monoisotopic (exact) mass is 618 g/mol. The maximum absolute atomic E-state index is 5.30. The molecular formula is C42H26N4S. The van der Waals surface area contributed by atoms with Gasteiger partial charge in [0.25, 0.3) is 0 Å². The molecule has 0 amide bonds. The van der Waals surface area contributed by atoms with Crippen molar-refractivity contribution in [2.24, 2.45) is 0 Å². The molecule has 0 aliphatic carbocycles. The normalized spacial score (nSPS) is 11.4. The van der Waals surface area contributed by atoms with Gasteiger partial charge in [0.2, 0.25) is 0 Å². The van der Waals surface area contributed by atoms with E-state index in [0.717, 1.165) is 60.1 Å². The van der Waals surface area contributed by atoms with Crippen LogP contribution in [0.5, 0.6) is 0 Å². The summed E-state index contributed by atoms with van der Waals surface area (Å²) < 4.78 is 2.38. The smallest absolute Gasteiger partial charge is 0.164 e. The first kappa shape index (κ1) is 27.3. The Morgan fingerprint density at radius 2 is 0.957 bits per heavy atom. The van der Waals surface area contributed by atoms with E-state index in [2.05, 4.69) is 91.0 Å². The van der Waals surface area contributed by atoms with Gasteiger partial charge in [-0.25, -0.2) is 19.9 Å². The second-order valence-corrected chi connectivity index (χ2v) is 12.6. The Morgan fingerprint density at radius 3 is 1.66 bits per heavy atom. The number of hydrogen-bond acceptors (Lipinski definition) is 5. The minimum absolute atomic E-state index is 0.634. The number of thiophene rings is 1. The fraction of sp³-hybridized carbons (Fsp3) is 0. The van der Waals surface area contributed by atoms with Crippen molar-refractivity contribution >= 4 is 42.4 Å². The van der Waals surface area contributed by atoms with Gasteiger partial charge in [0, 0.05) is 53.4 Å². The molecule has 0 aliphatic heterocycles. The first-order valence-corrected chi connectivity index (χ1v) is 16.4. The summed E-state index contributed by atoms with van der Waals surface area (Å²) in [4.78, 5) is 20.6. The number of para-hydroxylation sites is 1. The molecule has 6 aromatic carbocycles. The molecule has 0 saturated heterocycles. The summed E-state index contributed by atoms with van der Waals surface area (Å²) in [6, 6.07) is 54.4. The van der Waals surface area contributed by atoms with E-state index in [0.29, 0.717) is 17.5 Å². The van der Waals surface area contributed by atoms with Crippen LogP contribution in [-0.2, 0) is 0 Å². The third-order valence-electron chi connectivity index (χ3n) is 8.50. The molecule has 220 valence electrons. The van der Waals surface area contributed by atoms with Crippen molar-refractivity contribution in [1.29, 1.82) is 0 Å². The lowest BCUT2D eigenvalue weighted by Gasteiger charge is -2.14. The Morgan fingerprint density at radius 1 is 0.383 bits per heavy atom. The number of benzene rings is 6. The van der Waals surface area contributed by atoms with Crippen LogP contribution in [0.4, 0.5) is 0 Å². The van der Waals surface area contributed by atoms with Crippen LogP contribution < -0.4 is 0 Å². The van der Waals surface area contributed by atoms with Gasteiger partial charge in [-0.2, -0.15) is 0 Å². The lowest BCUT2D eigenvalue weighted by molar-refractivity contribution is 1.08. The molecule has 0 atom stereocenters. The number of aromatic nitrogens is 4. The van der Waals surface area contributed by atoms with E-state index >= 15 is 0 Å². The molecule has 0 bridgehead atoms. The van der Waals surface area contributed by atoms with Crippen molar-refractivity contribution in [3.05, 3.63) is 158 Å². The topological polar surface area (TPSA) is 51.6 Å². The van der Waals surface area contributed by atoms with E-state index in [9.17, 15) is 0 Å². The number of fused-ring (bicyclic) bond motifs is 4. The molecule has 47 heavy (non-hydrogen) atoms. The minimum Gasteiger partial charge on any atom is -0.247 e. The lowest BCUT2D eigenvalue weighted by atomic mass is 9.94. The van der Waals surface area contributed by atoms with E-state index < -0.39 is 0 Å². The molecule has 0 unspecified atom stereocenters. The van der Waals surface area contributed by atoms with E-state index in [1.54, 1.807) is 11.3 Å². The van der Waals surface area contributed by atoms with Gasteiger partial charge in [-0.15, -0.1) is 11.3 Å². The molecule has 0 spiro atoms. The third-order valence-corrected chi connectivity index (χ3v) is 9.62. The predicted molar refractivity (Wildman–Crippen MR) is 195 cm³/mol. The third kappa shape index (κ3) is 4.94. The Labute approximate surface area is 275 Å². The van der Waals surface area contributed by atoms with Crippen molar-refractivity contribution in [3.8, 4) is 56.5 Å². The number of rotatable bonds is 5.